The minimum absolute atomic E-state index is 0.0273. The van der Waals surface area contributed by atoms with Crippen LogP contribution >= 0.6 is 7.60 Å². The highest BCUT2D eigenvalue weighted by Gasteiger charge is 2.33. The maximum atomic E-state index is 12.0. The monoisotopic (exact) mass is 296 g/mol. The van der Waals surface area contributed by atoms with Crippen LogP contribution in [0, 0.1) is 17.8 Å². The van der Waals surface area contributed by atoms with Crippen LogP contribution in [-0.4, -0.2) is 42.8 Å². The van der Waals surface area contributed by atoms with Crippen LogP contribution in [0.4, 0.5) is 0 Å². The first-order valence-corrected chi connectivity index (χ1v) is 8.51. The zero-order valence-corrected chi connectivity index (χ0v) is 13.8. The van der Waals surface area contributed by atoms with E-state index in [1.54, 1.807) is 0 Å². The number of hydrogen-bond donors (Lipinski definition) is 2. The topological polar surface area (TPSA) is 76.0 Å². The fourth-order valence-corrected chi connectivity index (χ4v) is 3.41. The van der Waals surface area contributed by atoms with Crippen LogP contribution in [0.25, 0.3) is 0 Å². The second-order valence-electron chi connectivity index (χ2n) is 5.28. The predicted octanol–water partition coefficient (Wildman–Crippen LogP) is 2.51. The van der Waals surface area contributed by atoms with E-state index in [9.17, 15) is 14.8 Å². The molecule has 0 bridgehead atoms. The van der Waals surface area contributed by atoms with Crippen molar-refractivity contribution in [3.8, 4) is 0 Å². The Balaban J connectivity index is 4.64. The first kappa shape index (κ1) is 19.1. The molecule has 0 amide bonds. The lowest BCUT2D eigenvalue weighted by Gasteiger charge is -2.32. The molecule has 0 aliphatic heterocycles. The summed E-state index contributed by atoms with van der Waals surface area (Å²) < 4.78 is 21.7. The SMILES string of the molecule is CC[C@@H](O)[C@@H](C)[C@H](C)[C@@H](C)C(O)CP(=O)(OC)OC. The largest absolute Gasteiger partial charge is 0.393 e. The highest BCUT2D eigenvalue weighted by atomic mass is 31.2. The molecule has 0 aliphatic carbocycles. The first-order chi connectivity index (χ1) is 8.72. The van der Waals surface area contributed by atoms with E-state index >= 15 is 0 Å². The second-order valence-corrected chi connectivity index (χ2v) is 7.60. The Morgan fingerprint density at radius 3 is 1.74 bits per heavy atom. The van der Waals surface area contributed by atoms with E-state index in [0.717, 1.165) is 0 Å². The summed E-state index contributed by atoms with van der Waals surface area (Å²) in [5.41, 5.74) is 0. The van der Waals surface area contributed by atoms with E-state index in [0.29, 0.717) is 6.42 Å². The Morgan fingerprint density at radius 1 is 0.947 bits per heavy atom. The molecule has 1 unspecified atom stereocenters. The van der Waals surface area contributed by atoms with E-state index in [1.165, 1.54) is 14.2 Å². The van der Waals surface area contributed by atoms with Gasteiger partial charge in [-0.25, -0.2) is 0 Å². The van der Waals surface area contributed by atoms with Gasteiger partial charge >= 0.3 is 7.60 Å². The number of aliphatic hydroxyl groups is 2. The van der Waals surface area contributed by atoms with Gasteiger partial charge < -0.3 is 19.3 Å². The van der Waals surface area contributed by atoms with E-state index in [2.05, 4.69) is 0 Å². The van der Waals surface area contributed by atoms with Crippen LogP contribution in [0.3, 0.4) is 0 Å². The minimum Gasteiger partial charge on any atom is -0.393 e. The summed E-state index contributed by atoms with van der Waals surface area (Å²) >= 11 is 0. The normalized spacial score (nSPS) is 20.6. The fourth-order valence-electron chi connectivity index (χ4n) is 2.17. The third-order valence-electron chi connectivity index (χ3n) is 4.26. The molecule has 19 heavy (non-hydrogen) atoms. The predicted molar refractivity (Wildman–Crippen MR) is 76.3 cm³/mol. The quantitative estimate of drug-likeness (QED) is 0.639. The van der Waals surface area contributed by atoms with Crippen molar-refractivity contribution in [1.29, 1.82) is 0 Å². The minimum atomic E-state index is -3.20. The molecule has 0 saturated carbocycles. The van der Waals surface area contributed by atoms with E-state index < -0.39 is 13.7 Å². The first-order valence-electron chi connectivity index (χ1n) is 6.79. The van der Waals surface area contributed by atoms with Crippen LogP contribution in [-0.2, 0) is 13.6 Å². The van der Waals surface area contributed by atoms with Gasteiger partial charge in [-0.05, 0) is 24.2 Å². The number of rotatable bonds is 9. The maximum Gasteiger partial charge on any atom is 0.332 e. The second kappa shape index (κ2) is 8.38. The van der Waals surface area contributed by atoms with Gasteiger partial charge in [0.15, 0.2) is 0 Å². The maximum absolute atomic E-state index is 12.0. The zero-order chi connectivity index (χ0) is 15.2. The lowest BCUT2D eigenvalue weighted by molar-refractivity contribution is 0.0287. The van der Waals surface area contributed by atoms with Crippen molar-refractivity contribution in [1.82, 2.24) is 0 Å². The summed E-state index contributed by atoms with van der Waals surface area (Å²) in [4.78, 5) is 0. The third kappa shape index (κ3) is 5.52. The summed E-state index contributed by atoms with van der Waals surface area (Å²) in [6.07, 6.45) is -0.516. The molecule has 0 aromatic heterocycles. The molecule has 2 N–H and O–H groups in total. The van der Waals surface area contributed by atoms with Gasteiger partial charge in [0, 0.05) is 14.2 Å². The molecule has 116 valence electrons. The van der Waals surface area contributed by atoms with Crippen molar-refractivity contribution in [2.45, 2.75) is 46.3 Å². The van der Waals surface area contributed by atoms with Crippen LogP contribution in [0.15, 0.2) is 0 Å². The summed E-state index contributed by atoms with van der Waals surface area (Å²) in [5.74, 6) is 0.0704. The highest BCUT2D eigenvalue weighted by molar-refractivity contribution is 7.53. The summed E-state index contributed by atoms with van der Waals surface area (Å²) in [7, 11) is -0.576. The summed E-state index contributed by atoms with van der Waals surface area (Å²) in [6.45, 7) is 7.78. The van der Waals surface area contributed by atoms with Gasteiger partial charge in [0.1, 0.15) is 0 Å². The number of aliphatic hydroxyl groups excluding tert-OH is 2. The molecular weight excluding hydrogens is 267 g/mol. The molecule has 0 spiro atoms. The fraction of sp³-hybridized carbons (Fsp3) is 1.00. The average molecular weight is 296 g/mol. The van der Waals surface area contributed by atoms with Gasteiger partial charge in [0.05, 0.1) is 18.4 Å². The third-order valence-corrected chi connectivity index (χ3v) is 6.19. The van der Waals surface area contributed by atoms with E-state index in [4.69, 9.17) is 9.05 Å². The molecule has 5 nitrogen and oxygen atoms in total. The van der Waals surface area contributed by atoms with Crippen molar-refractivity contribution in [3.05, 3.63) is 0 Å². The molecule has 0 aliphatic rings. The van der Waals surface area contributed by atoms with Crippen LogP contribution < -0.4 is 0 Å². The van der Waals surface area contributed by atoms with Crippen LogP contribution in [0.2, 0.25) is 0 Å². The molecule has 0 aromatic rings. The van der Waals surface area contributed by atoms with Gasteiger partial charge in [-0.2, -0.15) is 0 Å². The standard InChI is InChI=1S/C13H29O5P/c1-7-12(14)10(3)9(2)11(4)13(15)8-19(16,17-5)18-6/h9-15H,7-8H2,1-6H3/t9-,10-,11+,12+,13?/m0/s1. The Bertz CT molecular complexity index is 289. The lowest BCUT2D eigenvalue weighted by atomic mass is 9.79. The van der Waals surface area contributed by atoms with E-state index in [-0.39, 0.29) is 30.0 Å². The van der Waals surface area contributed by atoms with E-state index in [1.807, 2.05) is 27.7 Å². The molecule has 0 saturated heterocycles. The molecule has 0 fully saturated rings. The van der Waals surface area contributed by atoms with Crippen LogP contribution in [0.1, 0.15) is 34.1 Å². The zero-order valence-electron chi connectivity index (χ0n) is 12.9. The summed E-state index contributed by atoms with van der Waals surface area (Å²) in [6, 6.07) is 0. The smallest absolute Gasteiger partial charge is 0.332 e. The molecule has 0 heterocycles. The average Bonchev–Trinajstić information content (AvgIpc) is 2.43. The molecule has 0 rings (SSSR count). The van der Waals surface area contributed by atoms with Crippen molar-refractivity contribution < 1.29 is 23.8 Å². The van der Waals surface area contributed by atoms with Gasteiger partial charge in [0.25, 0.3) is 0 Å². The van der Waals surface area contributed by atoms with Gasteiger partial charge in [-0.15, -0.1) is 0 Å². The van der Waals surface area contributed by atoms with Gasteiger partial charge in [-0.3, -0.25) is 4.57 Å². The van der Waals surface area contributed by atoms with Gasteiger partial charge in [0.2, 0.25) is 0 Å². The highest BCUT2D eigenvalue weighted by Crippen LogP contribution is 2.48. The molecule has 0 aromatic carbocycles. The number of hydrogen-bond acceptors (Lipinski definition) is 5. The molecular formula is C13H29O5P. The molecule has 5 atom stereocenters. The lowest BCUT2D eigenvalue weighted by Crippen LogP contribution is -2.34. The molecule has 6 heteroatoms. The van der Waals surface area contributed by atoms with Crippen molar-refractivity contribution in [2.75, 3.05) is 20.4 Å². The van der Waals surface area contributed by atoms with Gasteiger partial charge in [-0.1, -0.05) is 27.7 Å². The van der Waals surface area contributed by atoms with Crippen LogP contribution in [0.5, 0.6) is 0 Å². The van der Waals surface area contributed by atoms with Crippen molar-refractivity contribution in [3.63, 3.8) is 0 Å². The van der Waals surface area contributed by atoms with Crippen molar-refractivity contribution >= 4 is 7.60 Å². The summed E-state index contributed by atoms with van der Waals surface area (Å²) in [5, 5.41) is 20.0. The molecule has 0 radical (unpaired) electrons. The Labute approximate surface area is 116 Å². The Morgan fingerprint density at radius 2 is 1.37 bits per heavy atom. The van der Waals surface area contributed by atoms with Crippen molar-refractivity contribution in [2.24, 2.45) is 17.8 Å². The Kier molecular flexibility index (Phi) is 8.41. The Hall–Kier alpha value is 0.0700.